The Morgan fingerprint density at radius 2 is 2.30 bits per heavy atom. The normalized spacial score (nSPS) is 9.90. The van der Waals surface area contributed by atoms with Gasteiger partial charge < -0.3 is 9.30 Å². The number of nitrogens with zero attached hydrogens (tertiary/aromatic N) is 1. The van der Waals surface area contributed by atoms with Crippen LogP contribution in [-0.2, 0) is 7.05 Å². The Balaban J connectivity index is 3.01. The molecule has 1 rings (SSSR count). The second-order valence-electron chi connectivity index (χ2n) is 2.00. The van der Waals surface area contributed by atoms with Crippen LogP contribution in [-0.4, -0.2) is 17.9 Å². The minimum atomic E-state index is 0.954. The van der Waals surface area contributed by atoms with Crippen LogP contribution in [0.15, 0.2) is 17.3 Å². The molecule has 0 aliphatic rings. The Hall–Kier alpha value is -0.570. The van der Waals surface area contributed by atoms with Gasteiger partial charge in [0.1, 0.15) is 5.03 Å². The molecule has 0 aliphatic heterocycles. The highest BCUT2D eigenvalue weighted by Crippen LogP contribution is 2.27. The Labute approximate surface area is 65.2 Å². The smallest absolute Gasteiger partial charge is 0.150 e. The molecule has 1 heterocycles. The first kappa shape index (κ1) is 7.54. The highest BCUT2D eigenvalue weighted by molar-refractivity contribution is 7.98. The maximum absolute atomic E-state index is 5.12. The zero-order valence-electron chi connectivity index (χ0n) is 6.42. The lowest BCUT2D eigenvalue weighted by molar-refractivity contribution is 0.402. The molecule has 0 atom stereocenters. The monoisotopic (exact) mass is 157 g/mol. The summed E-state index contributed by atoms with van der Waals surface area (Å²) in [4.78, 5) is 0. The fourth-order valence-electron chi connectivity index (χ4n) is 0.892. The first-order chi connectivity index (χ1) is 4.79. The zero-order valence-corrected chi connectivity index (χ0v) is 7.23. The van der Waals surface area contributed by atoms with Crippen LogP contribution in [0, 0.1) is 0 Å². The first-order valence-electron chi connectivity index (χ1n) is 3.03. The topological polar surface area (TPSA) is 14.2 Å². The molecule has 0 aliphatic carbocycles. The van der Waals surface area contributed by atoms with Gasteiger partial charge in [-0.05, 0) is 12.3 Å². The van der Waals surface area contributed by atoms with E-state index in [1.54, 1.807) is 18.9 Å². The van der Waals surface area contributed by atoms with Gasteiger partial charge in [-0.25, -0.2) is 0 Å². The summed E-state index contributed by atoms with van der Waals surface area (Å²) in [7, 11) is 3.70. The summed E-state index contributed by atoms with van der Waals surface area (Å²) in [5.41, 5.74) is 0. The molecule has 0 amide bonds. The summed E-state index contributed by atoms with van der Waals surface area (Å²) in [6.07, 6.45) is 4.03. The third-order valence-electron chi connectivity index (χ3n) is 1.39. The van der Waals surface area contributed by atoms with Gasteiger partial charge in [0.15, 0.2) is 5.75 Å². The Morgan fingerprint density at radius 3 is 2.70 bits per heavy atom. The van der Waals surface area contributed by atoms with Gasteiger partial charge in [-0.2, -0.15) is 0 Å². The maximum atomic E-state index is 5.12. The third-order valence-corrected chi connectivity index (χ3v) is 2.27. The molecule has 0 saturated carbocycles. The van der Waals surface area contributed by atoms with Crippen LogP contribution < -0.4 is 4.74 Å². The highest BCUT2D eigenvalue weighted by Gasteiger charge is 2.03. The number of ether oxygens (including phenoxy) is 1. The summed E-state index contributed by atoms with van der Waals surface area (Å²) >= 11 is 1.69. The summed E-state index contributed by atoms with van der Waals surface area (Å²) in [6.45, 7) is 0. The molecule has 1 aromatic rings. The molecule has 56 valence electrons. The predicted molar refractivity (Wildman–Crippen MR) is 43.7 cm³/mol. The number of aromatic nitrogens is 1. The van der Waals surface area contributed by atoms with Crippen molar-refractivity contribution in [3.63, 3.8) is 0 Å². The van der Waals surface area contributed by atoms with Crippen LogP contribution >= 0.6 is 11.8 Å². The van der Waals surface area contributed by atoms with Crippen molar-refractivity contribution in [2.24, 2.45) is 7.05 Å². The Bertz CT molecular complexity index is 219. The molecule has 0 radical (unpaired) electrons. The molecular formula is C7H11NOS. The number of rotatable bonds is 2. The number of hydrogen-bond acceptors (Lipinski definition) is 2. The number of methoxy groups -OCH3 is 1. The van der Waals surface area contributed by atoms with Crippen LogP contribution in [0.5, 0.6) is 5.75 Å². The number of hydrogen-bond donors (Lipinski definition) is 0. The fourth-order valence-corrected chi connectivity index (χ4v) is 1.59. The first-order valence-corrected chi connectivity index (χ1v) is 4.25. The van der Waals surface area contributed by atoms with Crippen molar-refractivity contribution in [2.45, 2.75) is 5.03 Å². The van der Waals surface area contributed by atoms with Gasteiger partial charge in [0.25, 0.3) is 0 Å². The third kappa shape index (κ3) is 1.14. The molecule has 10 heavy (non-hydrogen) atoms. The molecule has 0 aromatic carbocycles. The van der Waals surface area contributed by atoms with E-state index in [4.69, 9.17) is 4.74 Å². The molecule has 0 N–H and O–H groups in total. The van der Waals surface area contributed by atoms with Crippen molar-refractivity contribution in [1.29, 1.82) is 0 Å². The van der Waals surface area contributed by atoms with Crippen molar-refractivity contribution in [2.75, 3.05) is 13.4 Å². The van der Waals surface area contributed by atoms with E-state index in [1.807, 2.05) is 30.1 Å². The van der Waals surface area contributed by atoms with E-state index in [1.165, 1.54) is 5.03 Å². The fraction of sp³-hybridized carbons (Fsp3) is 0.429. The van der Waals surface area contributed by atoms with E-state index < -0.39 is 0 Å². The van der Waals surface area contributed by atoms with Crippen LogP contribution in [0.2, 0.25) is 0 Å². The van der Waals surface area contributed by atoms with Crippen molar-refractivity contribution in [1.82, 2.24) is 4.57 Å². The molecule has 1 aromatic heterocycles. The molecule has 0 saturated heterocycles. The van der Waals surface area contributed by atoms with Gasteiger partial charge in [-0.1, -0.05) is 0 Å². The van der Waals surface area contributed by atoms with Crippen molar-refractivity contribution < 1.29 is 4.74 Å². The van der Waals surface area contributed by atoms with Gasteiger partial charge in [0.05, 0.1) is 7.11 Å². The minimum Gasteiger partial charge on any atom is -0.494 e. The van der Waals surface area contributed by atoms with Crippen LogP contribution in [0.1, 0.15) is 0 Å². The average Bonchev–Trinajstić information content (AvgIpc) is 2.30. The lowest BCUT2D eigenvalue weighted by atomic mass is 10.6. The van der Waals surface area contributed by atoms with Gasteiger partial charge in [-0.3, -0.25) is 0 Å². The largest absolute Gasteiger partial charge is 0.494 e. The van der Waals surface area contributed by atoms with E-state index in [0.29, 0.717) is 0 Å². The van der Waals surface area contributed by atoms with Gasteiger partial charge >= 0.3 is 0 Å². The molecule has 0 fully saturated rings. The molecular weight excluding hydrogens is 146 g/mol. The van der Waals surface area contributed by atoms with Crippen molar-refractivity contribution >= 4 is 11.8 Å². The summed E-state index contributed by atoms with van der Waals surface area (Å²) in [6, 6.07) is 1.96. The van der Waals surface area contributed by atoms with E-state index >= 15 is 0 Å². The maximum Gasteiger partial charge on any atom is 0.150 e. The minimum absolute atomic E-state index is 0.954. The number of thioether (sulfide) groups is 1. The lowest BCUT2D eigenvalue weighted by Crippen LogP contribution is -1.88. The van der Waals surface area contributed by atoms with Gasteiger partial charge in [-0.15, -0.1) is 11.8 Å². The second-order valence-corrected chi connectivity index (χ2v) is 2.80. The summed E-state index contributed by atoms with van der Waals surface area (Å²) in [5, 5.41) is 1.17. The predicted octanol–water partition coefficient (Wildman–Crippen LogP) is 1.76. The molecule has 0 spiro atoms. The molecule has 0 unspecified atom stereocenters. The molecule has 2 nitrogen and oxygen atoms in total. The van der Waals surface area contributed by atoms with Crippen LogP contribution in [0.25, 0.3) is 0 Å². The van der Waals surface area contributed by atoms with Crippen LogP contribution in [0.4, 0.5) is 0 Å². The molecule has 0 bridgehead atoms. The zero-order chi connectivity index (χ0) is 7.56. The van der Waals surface area contributed by atoms with Gasteiger partial charge in [0, 0.05) is 13.2 Å². The van der Waals surface area contributed by atoms with Crippen molar-refractivity contribution in [3.8, 4) is 5.75 Å². The van der Waals surface area contributed by atoms with E-state index in [0.717, 1.165) is 5.75 Å². The summed E-state index contributed by atoms with van der Waals surface area (Å²) in [5.74, 6) is 0.954. The summed E-state index contributed by atoms with van der Waals surface area (Å²) < 4.78 is 7.16. The number of aryl methyl sites for hydroxylation is 1. The average molecular weight is 157 g/mol. The van der Waals surface area contributed by atoms with Gasteiger partial charge in [0.2, 0.25) is 0 Å². The highest BCUT2D eigenvalue weighted by atomic mass is 32.2. The van der Waals surface area contributed by atoms with E-state index in [-0.39, 0.29) is 0 Å². The quantitative estimate of drug-likeness (QED) is 0.607. The van der Waals surface area contributed by atoms with Crippen molar-refractivity contribution in [3.05, 3.63) is 12.3 Å². The second kappa shape index (κ2) is 3.01. The molecule has 3 heteroatoms. The van der Waals surface area contributed by atoms with Crippen LogP contribution in [0.3, 0.4) is 0 Å². The van der Waals surface area contributed by atoms with E-state index in [2.05, 4.69) is 0 Å². The Kier molecular flexibility index (Phi) is 2.27. The SMILES string of the molecule is COc1ccn(C)c1SC. The van der Waals surface area contributed by atoms with E-state index in [9.17, 15) is 0 Å². The lowest BCUT2D eigenvalue weighted by Gasteiger charge is -2.01. The standard InChI is InChI=1S/C7H11NOS/c1-8-5-4-6(9-2)7(8)10-3/h4-5H,1-3H3. The Morgan fingerprint density at radius 1 is 1.60 bits per heavy atom.